The summed E-state index contributed by atoms with van der Waals surface area (Å²) in [6, 6.07) is 12.2. The van der Waals surface area contributed by atoms with Gasteiger partial charge in [-0.1, -0.05) is 12.1 Å². The summed E-state index contributed by atoms with van der Waals surface area (Å²) >= 11 is 0. The molecule has 0 saturated heterocycles. The summed E-state index contributed by atoms with van der Waals surface area (Å²) in [7, 11) is 0. The highest BCUT2D eigenvalue weighted by molar-refractivity contribution is 5.64. The lowest BCUT2D eigenvalue weighted by Gasteiger charge is -2.21. The van der Waals surface area contributed by atoms with E-state index in [2.05, 4.69) is 46.4 Å². The van der Waals surface area contributed by atoms with Gasteiger partial charge in [0.15, 0.2) is 0 Å². The van der Waals surface area contributed by atoms with Crippen LogP contribution in [0.5, 0.6) is 0 Å². The van der Waals surface area contributed by atoms with Crippen LogP contribution in [0.25, 0.3) is 11.3 Å². The van der Waals surface area contributed by atoms with Crippen LogP contribution in [0.4, 0.5) is 16.2 Å². The third-order valence-electron chi connectivity index (χ3n) is 3.55. The van der Waals surface area contributed by atoms with E-state index in [1.54, 1.807) is 18.5 Å². The van der Waals surface area contributed by atoms with E-state index in [-0.39, 0.29) is 11.4 Å². The summed E-state index contributed by atoms with van der Waals surface area (Å²) in [6.07, 6.45) is 3.46. The number of rotatable bonds is 5. The van der Waals surface area contributed by atoms with Crippen molar-refractivity contribution in [3.63, 3.8) is 0 Å². The molecule has 0 saturated carbocycles. The molecule has 0 radical (unpaired) electrons. The number of nitrogens with zero attached hydrogens (tertiary/aromatic N) is 3. The number of pyridine rings is 1. The van der Waals surface area contributed by atoms with E-state index in [0.29, 0.717) is 18.3 Å². The summed E-state index contributed by atoms with van der Waals surface area (Å²) in [5.41, 5.74) is 2.42. The number of benzene rings is 1. The monoisotopic (exact) mass is 351 g/mol. The van der Waals surface area contributed by atoms with Gasteiger partial charge in [0.25, 0.3) is 0 Å². The van der Waals surface area contributed by atoms with Gasteiger partial charge >= 0.3 is 0 Å². The van der Waals surface area contributed by atoms with E-state index >= 15 is 0 Å². The molecule has 0 atom stereocenters. The van der Waals surface area contributed by atoms with E-state index in [1.807, 2.05) is 24.3 Å². The molecule has 0 unspecified atom stereocenters. The van der Waals surface area contributed by atoms with E-state index < -0.39 is 0 Å². The van der Waals surface area contributed by atoms with Gasteiger partial charge in [-0.05, 0) is 50.6 Å². The molecular weight excluding hydrogens is 329 g/mol. The van der Waals surface area contributed by atoms with Crippen LogP contribution in [-0.2, 0) is 6.54 Å². The molecule has 2 aromatic heterocycles. The molecule has 6 heteroatoms. The Morgan fingerprint density at radius 2 is 1.77 bits per heavy atom. The molecule has 134 valence electrons. The fourth-order valence-corrected chi connectivity index (χ4v) is 2.44. The minimum Gasteiger partial charge on any atom is -0.366 e. The first-order valence-electron chi connectivity index (χ1n) is 8.45. The Bertz CT molecular complexity index is 875. The summed E-state index contributed by atoms with van der Waals surface area (Å²) in [5.74, 6) is 0.955. The lowest BCUT2D eigenvalue weighted by atomic mass is 10.1. The van der Waals surface area contributed by atoms with E-state index in [4.69, 9.17) is 0 Å². The van der Waals surface area contributed by atoms with Gasteiger partial charge in [0, 0.05) is 36.1 Å². The van der Waals surface area contributed by atoms with Gasteiger partial charge in [-0.15, -0.1) is 0 Å². The predicted octanol–water partition coefficient (Wildman–Crippen LogP) is 4.50. The third-order valence-corrected chi connectivity index (χ3v) is 3.55. The zero-order valence-electron chi connectivity index (χ0n) is 15.1. The van der Waals surface area contributed by atoms with Crippen molar-refractivity contribution in [2.24, 2.45) is 0 Å². The van der Waals surface area contributed by atoms with Gasteiger partial charge in [0.1, 0.15) is 11.6 Å². The maximum atomic E-state index is 13.4. The number of hydrogen-bond donors (Lipinski definition) is 2. The maximum absolute atomic E-state index is 13.4. The Morgan fingerprint density at radius 1 is 1.00 bits per heavy atom. The Hall–Kier alpha value is -3.02. The molecule has 0 fully saturated rings. The predicted molar refractivity (Wildman–Crippen MR) is 102 cm³/mol. The first-order chi connectivity index (χ1) is 12.4. The van der Waals surface area contributed by atoms with Crippen molar-refractivity contribution >= 4 is 11.8 Å². The van der Waals surface area contributed by atoms with Gasteiger partial charge in [0.05, 0.1) is 5.69 Å². The highest BCUT2D eigenvalue weighted by Crippen LogP contribution is 2.22. The maximum Gasteiger partial charge on any atom is 0.225 e. The number of halogens is 1. The summed E-state index contributed by atoms with van der Waals surface area (Å²) in [6.45, 7) is 6.62. The first-order valence-corrected chi connectivity index (χ1v) is 8.45. The van der Waals surface area contributed by atoms with E-state index in [9.17, 15) is 4.39 Å². The van der Waals surface area contributed by atoms with Crippen molar-refractivity contribution in [2.75, 3.05) is 10.6 Å². The van der Waals surface area contributed by atoms with Gasteiger partial charge < -0.3 is 10.6 Å². The molecular formula is C20H22FN5. The van der Waals surface area contributed by atoms with Crippen molar-refractivity contribution in [2.45, 2.75) is 32.9 Å². The zero-order valence-corrected chi connectivity index (χ0v) is 15.1. The summed E-state index contributed by atoms with van der Waals surface area (Å²) in [5, 5.41) is 6.55. The summed E-state index contributed by atoms with van der Waals surface area (Å²) < 4.78 is 13.4. The van der Waals surface area contributed by atoms with Crippen molar-refractivity contribution in [1.29, 1.82) is 0 Å². The van der Waals surface area contributed by atoms with Gasteiger partial charge in [-0.25, -0.2) is 9.37 Å². The topological polar surface area (TPSA) is 62.7 Å². The van der Waals surface area contributed by atoms with Crippen LogP contribution in [0.2, 0.25) is 0 Å². The van der Waals surface area contributed by atoms with Crippen LogP contribution in [0.3, 0.4) is 0 Å². The van der Waals surface area contributed by atoms with Crippen molar-refractivity contribution in [1.82, 2.24) is 15.0 Å². The Balaban J connectivity index is 1.89. The molecule has 3 aromatic rings. The molecule has 2 heterocycles. The average molecular weight is 351 g/mol. The van der Waals surface area contributed by atoms with Crippen LogP contribution >= 0.6 is 0 Å². The second-order valence-corrected chi connectivity index (χ2v) is 7.06. The van der Waals surface area contributed by atoms with Crippen molar-refractivity contribution in [3.05, 3.63) is 66.2 Å². The number of anilines is 2. The minimum absolute atomic E-state index is 0.170. The SMILES string of the molecule is CC(C)(C)Nc1nc(NCc2cccc(F)c2)cc(-c2ccncc2)n1. The van der Waals surface area contributed by atoms with Crippen LogP contribution in [-0.4, -0.2) is 20.5 Å². The zero-order chi connectivity index (χ0) is 18.6. The molecule has 26 heavy (non-hydrogen) atoms. The van der Waals surface area contributed by atoms with Crippen LogP contribution in [0, 0.1) is 5.82 Å². The Kier molecular flexibility index (Phi) is 5.11. The first kappa shape index (κ1) is 17.8. The van der Waals surface area contributed by atoms with Crippen LogP contribution in [0.15, 0.2) is 54.9 Å². The second-order valence-electron chi connectivity index (χ2n) is 7.06. The van der Waals surface area contributed by atoms with E-state index in [1.165, 1.54) is 12.1 Å². The van der Waals surface area contributed by atoms with Crippen LogP contribution < -0.4 is 10.6 Å². The quantitative estimate of drug-likeness (QED) is 0.709. The van der Waals surface area contributed by atoms with Gasteiger partial charge in [-0.2, -0.15) is 4.98 Å². The molecule has 0 bridgehead atoms. The lowest BCUT2D eigenvalue weighted by Crippen LogP contribution is -2.27. The normalized spacial score (nSPS) is 11.2. The number of nitrogens with one attached hydrogen (secondary N) is 2. The third kappa shape index (κ3) is 4.99. The molecule has 0 amide bonds. The molecule has 3 rings (SSSR count). The highest BCUT2D eigenvalue weighted by atomic mass is 19.1. The molecule has 0 aliphatic heterocycles. The molecule has 0 aliphatic rings. The van der Waals surface area contributed by atoms with E-state index in [0.717, 1.165) is 16.8 Å². The van der Waals surface area contributed by atoms with Crippen LogP contribution in [0.1, 0.15) is 26.3 Å². The summed E-state index contributed by atoms with van der Waals surface area (Å²) in [4.78, 5) is 13.2. The van der Waals surface area contributed by atoms with Crippen molar-refractivity contribution in [3.8, 4) is 11.3 Å². The van der Waals surface area contributed by atoms with Crippen molar-refractivity contribution < 1.29 is 4.39 Å². The molecule has 2 N–H and O–H groups in total. The average Bonchev–Trinajstić information content (AvgIpc) is 2.59. The Labute approximate surface area is 152 Å². The molecule has 0 aliphatic carbocycles. The fourth-order valence-electron chi connectivity index (χ4n) is 2.44. The molecule has 1 aromatic carbocycles. The lowest BCUT2D eigenvalue weighted by molar-refractivity contribution is 0.625. The molecule has 0 spiro atoms. The smallest absolute Gasteiger partial charge is 0.225 e. The minimum atomic E-state index is -0.250. The Morgan fingerprint density at radius 3 is 2.46 bits per heavy atom. The van der Waals surface area contributed by atoms with Gasteiger partial charge in [0.2, 0.25) is 5.95 Å². The van der Waals surface area contributed by atoms with Gasteiger partial charge in [-0.3, -0.25) is 4.98 Å². The molecule has 5 nitrogen and oxygen atoms in total. The standard InChI is InChI=1S/C20H22FN5/c1-20(2,3)26-19-24-17(15-7-9-22-10-8-15)12-18(25-19)23-13-14-5-4-6-16(21)11-14/h4-12H,13H2,1-3H3,(H2,23,24,25,26). The highest BCUT2D eigenvalue weighted by Gasteiger charge is 2.14. The number of hydrogen-bond acceptors (Lipinski definition) is 5. The number of aromatic nitrogens is 3. The fraction of sp³-hybridized carbons (Fsp3) is 0.250. The largest absolute Gasteiger partial charge is 0.366 e. The second kappa shape index (κ2) is 7.47.